The SMILES string of the molecule is COCCn1nc(-c2ccc(C)cc2)cc(C(C)N)c1=O. The molecule has 0 aliphatic heterocycles. The molecule has 0 saturated heterocycles. The fourth-order valence-corrected chi connectivity index (χ4v) is 2.08. The number of nitrogens with two attached hydrogens (primary N) is 1. The average Bonchev–Trinajstić information content (AvgIpc) is 2.47. The van der Waals surface area contributed by atoms with Crippen LogP contribution in [0.2, 0.25) is 0 Å². The predicted octanol–water partition coefficient (Wildman–Crippen LogP) is 1.88. The third-order valence-corrected chi connectivity index (χ3v) is 3.35. The zero-order chi connectivity index (χ0) is 15.4. The van der Waals surface area contributed by atoms with Crippen molar-refractivity contribution in [3.8, 4) is 11.3 Å². The molecule has 0 amide bonds. The second kappa shape index (κ2) is 6.65. The Morgan fingerprint density at radius 2 is 2.00 bits per heavy atom. The fourth-order valence-electron chi connectivity index (χ4n) is 2.08. The normalized spacial score (nSPS) is 12.4. The van der Waals surface area contributed by atoms with Crippen molar-refractivity contribution in [2.75, 3.05) is 13.7 Å². The Morgan fingerprint density at radius 1 is 1.33 bits per heavy atom. The van der Waals surface area contributed by atoms with Crippen LogP contribution in [-0.2, 0) is 11.3 Å². The Morgan fingerprint density at radius 3 is 2.57 bits per heavy atom. The molecule has 21 heavy (non-hydrogen) atoms. The number of methoxy groups -OCH3 is 1. The molecule has 0 spiro atoms. The summed E-state index contributed by atoms with van der Waals surface area (Å²) in [4.78, 5) is 12.3. The second-order valence-electron chi connectivity index (χ2n) is 5.16. The quantitative estimate of drug-likeness (QED) is 0.911. The number of hydrogen-bond acceptors (Lipinski definition) is 4. The lowest BCUT2D eigenvalue weighted by molar-refractivity contribution is 0.181. The number of nitrogens with zero attached hydrogens (tertiary/aromatic N) is 2. The Hall–Kier alpha value is -1.98. The standard InChI is InChI=1S/C16H21N3O2/c1-11-4-6-13(7-5-11)15-10-14(12(2)17)16(20)19(18-15)8-9-21-3/h4-7,10,12H,8-9,17H2,1-3H3. The molecule has 0 saturated carbocycles. The van der Waals surface area contributed by atoms with E-state index in [0.717, 1.165) is 11.3 Å². The summed E-state index contributed by atoms with van der Waals surface area (Å²) in [6, 6.07) is 9.47. The van der Waals surface area contributed by atoms with Crippen LogP contribution in [0.4, 0.5) is 0 Å². The van der Waals surface area contributed by atoms with Crippen LogP contribution >= 0.6 is 0 Å². The smallest absolute Gasteiger partial charge is 0.271 e. The van der Waals surface area contributed by atoms with Crippen molar-refractivity contribution in [1.82, 2.24) is 9.78 Å². The molecule has 1 aromatic carbocycles. The molecule has 1 aromatic heterocycles. The molecular weight excluding hydrogens is 266 g/mol. The third-order valence-electron chi connectivity index (χ3n) is 3.35. The van der Waals surface area contributed by atoms with E-state index >= 15 is 0 Å². The van der Waals surface area contributed by atoms with Crippen molar-refractivity contribution in [2.45, 2.75) is 26.4 Å². The Kier molecular flexibility index (Phi) is 4.88. The lowest BCUT2D eigenvalue weighted by Crippen LogP contribution is -2.30. The summed E-state index contributed by atoms with van der Waals surface area (Å²) in [5, 5.41) is 4.42. The molecule has 1 heterocycles. The third kappa shape index (κ3) is 3.56. The minimum Gasteiger partial charge on any atom is -0.383 e. The van der Waals surface area contributed by atoms with Crippen LogP contribution in [0, 0.1) is 6.92 Å². The fraction of sp³-hybridized carbons (Fsp3) is 0.375. The highest BCUT2D eigenvalue weighted by Gasteiger charge is 2.12. The van der Waals surface area contributed by atoms with E-state index in [9.17, 15) is 4.79 Å². The van der Waals surface area contributed by atoms with Crippen LogP contribution in [0.25, 0.3) is 11.3 Å². The monoisotopic (exact) mass is 287 g/mol. The number of hydrogen-bond donors (Lipinski definition) is 1. The number of benzene rings is 1. The zero-order valence-corrected chi connectivity index (χ0v) is 12.7. The van der Waals surface area contributed by atoms with Gasteiger partial charge in [0.15, 0.2) is 0 Å². The minimum atomic E-state index is -0.335. The van der Waals surface area contributed by atoms with E-state index < -0.39 is 0 Å². The van der Waals surface area contributed by atoms with Gasteiger partial charge in [-0.2, -0.15) is 5.10 Å². The average molecular weight is 287 g/mol. The number of rotatable bonds is 5. The van der Waals surface area contributed by atoms with Crippen molar-refractivity contribution in [1.29, 1.82) is 0 Å². The molecule has 2 N–H and O–H groups in total. The van der Waals surface area contributed by atoms with Gasteiger partial charge >= 0.3 is 0 Å². The van der Waals surface area contributed by atoms with Crippen molar-refractivity contribution < 1.29 is 4.74 Å². The summed E-state index contributed by atoms with van der Waals surface area (Å²) in [5.41, 5.74) is 9.22. The zero-order valence-electron chi connectivity index (χ0n) is 12.7. The van der Waals surface area contributed by atoms with Crippen LogP contribution in [0.3, 0.4) is 0 Å². The van der Waals surface area contributed by atoms with Crippen molar-refractivity contribution >= 4 is 0 Å². The van der Waals surface area contributed by atoms with E-state index in [2.05, 4.69) is 5.10 Å². The first-order valence-corrected chi connectivity index (χ1v) is 6.96. The summed E-state index contributed by atoms with van der Waals surface area (Å²) in [6.45, 7) is 4.68. The van der Waals surface area contributed by atoms with E-state index in [4.69, 9.17) is 10.5 Å². The van der Waals surface area contributed by atoms with Gasteiger partial charge in [0.1, 0.15) is 0 Å². The molecule has 112 valence electrons. The summed E-state index contributed by atoms with van der Waals surface area (Å²) in [5.74, 6) is 0. The highest BCUT2D eigenvalue weighted by Crippen LogP contribution is 2.18. The highest BCUT2D eigenvalue weighted by atomic mass is 16.5. The van der Waals surface area contributed by atoms with Gasteiger partial charge in [0.25, 0.3) is 5.56 Å². The van der Waals surface area contributed by atoms with E-state index in [-0.39, 0.29) is 11.6 Å². The highest BCUT2D eigenvalue weighted by molar-refractivity contribution is 5.59. The van der Waals surface area contributed by atoms with Gasteiger partial charge in [-0.1, -0.05) is 29.8 Å². The number of ether oxygens (including phenoxy) is 1. The van der Waals surface area contributed by atoms with Crippen LogP contribution in [0.1, 0.15) is 24.1 Å². The molecule has 0 aliphatic carbocycles. The maximum Gasteiger partial charge on any atom is 0.271 e. The first-order chi connectivity index (χ1) is 10.0. The largest absolute Gasteiger partial charge is 0.383 e. The maximum absolute atomic E-state index is 12.3. The molecule has 5 heteroatoms. The van der Waals surface area contributed by atoms with Gasteiger partial charge in [-0.15, -0.1) is 0 Å². The van der Waals surface area contributed by atoms with Gasteiger partial charge in [-0.05, 0) is 19.9 Å². The van der Waals surface area contributed by atoms with E-state index in [1.165, 1.54) is 10.2 Å². The van der Waals surface area contributed by atoms with Crippen LogP contribution in [0.5, 0.6) is 0 Å². The van der Waals surface area contributed by atoms with Gasteiger partial charge < -0.3 is 10.5 Å². The van der Waals surface area contributed by atoms with Gasteiger partial charge in [-0.25, -0.2) is 4.68 Å². The van der Waals surface area contributed by atoms with Gasteiger partial charge in [0.2, 0.25) is 0 Å². The molecule has 2 rings (SSSR count). The Bertz CT molecular complexity index is 660. The molecular formula is C16H21N3O2. The molecule has 0 aliphatic rings. The molecule has 0 fully saturated rings. The molecule has 0 bridgehead atoms. The molecule has 2 aromatic rings. The topological polar surface area (TPSA) is 70.1 Å². The molecule has 1 atom stereocenters. The lowest BCUT2D eigenvalue weighted by Gasteiger charge is -2.12. The van der Waals surface area contributed by atoms with Crippen molar-refractivity contribution in [3.05, 3.63) is 51.8 Å². The van der Waals surface area contributed by atoms with Crippen LogP contribution in [-0.4, -0.2) is 23.5 Å². The van der Waals surface area contributed by atoms with Gasteiger partial charge in [-0.3, -0.25) is 4.79 Å². The van der Waals surface area contributed by atoms with Crippen molar-refractivity contribution in [2.24, 2.45) is 5.73 Å². The van der Waals surface area contributed by atoms with Gasteiger partial charge in [0.05, 0.1) is 18.8 Å². The summed E-state index contributed by atoms with van der Waals surface area (Å²) in [7, 11) is 1.60. The first-order valence-electron chi connectivity index (χ1n) is 6.96. The predicted molar refractivity (Wildman–Crippen MR) is 83.1 cm³/mol. The van der Waals surface area contributed by atoms with Crippen molar-refractivity contribution in [3.63, 3.8) is 0 Å². The Labute approximate surface area is 124 Å². The first kappa shape index (κ1) is 15.4. The summed E-state index contributed by atoms with van der Waals surface area (Å²) < 4.78 is 6.46. The van der Waals surface area contributed by atoms with E-state index in [1.807, 2.05) is 31.2 Å². The second-order valence-corrected chi connectivity index (χ2v) is 5.16. The van der Waals surface area contributed by atoms with Crippen LogP contribution < -0.4 is 11.3 Å². The minimum absolute atomic E-state index is 0.155. The van der Waals surface area contributed by atoms with E-state index in [0.29, 0.717) is 18.7 Å². The molecule has 1 unspecified atom stereocenters. The number of aryl methyl sites for hydroxylation is 1. The Balaban J connectivity index is 2.52. The van der Waals surface area contributed by atoms with Crippen LogP contribution in [0.15, 0.2) is 35.1 Å². The lowest BCUT2D eigenvalue weighted by atomic mass is 10.1. The maximum atomic E-state index is 12.3. The number of aromatic nitrogens is 2. The molecule has 0 radical (unpaired) electrons. The summed E-state index contributed by atoms with van der Waals surface area (Å²) >= 11 is 0. The summed E-state index contributed by atoms with van der Waals surface area (Å²) in [6.07, 6.45) is 0. The molecule has 5 nitrogen and oxygen atoms in total. The van der Waals surface area contributed by atoms with E-state index in [1.54, 1.807) is 20.1 Å². The van der Waals surface area contributed by atoms with Gasteiger partial charge in [0, 0.05) is 24.3 Å².